The van der Waals surface area contributed by atoms with Crippen molar-refractivity contribution in [3.05, 3.63) is 34.9 Å². The van der Waals surface area contributed by atoms with Gasteiger partial charge in [-0.3, -0.25) is 34.3 Å². The van der Waals surface area contributed by atoms with Gasteiger partial charge in [0.1, 0.15) is 6.04 Å². The fraction of sp³-hybridized carbons (Fsp3) is 0.583. The summed E-state index contributed by atoms with van der Waals surface area (Å²) < 4.78 is 5.97. The SMILES string of the molecule is N[C@@H]1CCCO[C@H]1C1CCN(Cc2cccc3c2C(=O)N(C2CCC(=O)NC2=O)C3=O)CC1. The molecule has 0 aliphatic carbocycles. The van der Waals surface area contributed by atoms with Crippen LogP contribution in [-0.2, 0) is 20.9 Å². The molecule has 1 aromatic rings. The second-order valence-electron chi connectivity index (χ2n) is 9.54. The molecule has 3 atom stereocenters. The summed E-state index contributed by atoms with van der Waals surface area (Å²) in [7, 11) is 0. The Morgan fingerprint density at radius 2 is 1.82 bits per heavy atom. The van der Waals surface area contributed by atoms with Crippen molar-refractivity contribution in [1.29, 1.82) is 0 Å². The smallest absolute Gasteiger partial charge is 0.262 e. The first-order valence-electron chi connectivity index (χ1n) is 11.9. The first-order chi connectivity index (χ1) is 15.9. The first kappa shape index (κ1) is 22.2. The van der Waals surface area contributed by atoms with Crippen molar-refractivity contribution in [2.24, 2.45) is 11.7 Å². The van der Waals surface area contributed by atoms with Crippen molar-refractivity contribution >= 4 is 23.6 Å². The number of benzene rings is 1. The molecule has 0 saturated carbocycles. The number of carbonyl (C=O) groups excluding carboxylic acids is 4. The van der Waals surface area contributed by atoms with Crippen molar-refractivity contribution < 1.29 is 23.9 Å². The van der Waals surface area contributed by atoms with Crippen LogP contribution in [0.3, 0.4) is 0 Å². The zero-order chi connectivity index (χ0) is 23.1. The van der Waals surface area contributed by atoms with Gasteiger partial charge >= 0.3 is 0 Å². The lowest BCUT2D eigenvalue weighted by atomic mass is 9.85. The molecule has 0 aromatic heterocycles. The number of nitrogens with two attached hydrogens (primary N) is 1. The van der Waals surface area contributed by atoms with Crippen molar-refractivity contribution in [3.8, 4) is 0 Å². The van der Waals surface area contributed by atoms with Crippen molar-refractivity contribution in [1.82, 2.24) is 15.1 Å². The number of imide groups is 2. The molecule has 1 aromatic carbocycles. The van der Waals surface area contributed by atoms with E-state index in [-0.39, 0.29) is 30.9 Å². The minimum atomic E-state index is -0.946. The maximum absolute atomic E-state index is 13.3. The van der Waals surface area contributed by atoms with Gasteiger partial charge in [-0.05, 0) is 62.7 Å². The topological polar surface area (TPSA) is 122 Å². The lowest BCUT2D eigenvalue weighted by Gasteiger charge is -2.40. The second kappa shape index (κ2) is 8.96. The van der Waals surface area contributed by atoms with Crippen LogP contribution in [0.25, 0.3) is 0 Å². The van der Waals surface area contributed by atoms with Gasteiger partial charge in [-0.1, -0.05) is 12.1 Å². The van der Waals surface area contributed by atoms with Gasteiger partial charge in [0, 0.05) is 25.6 Å². The van der Waals surface area contributed by atoms with Crippen LogP contribution < -0.4 is 11.1 Å². The van der Waals surface area contributed by atoms with E-state index in [0.29, 0.717) is 23.6 Å². The van der Waals surface area contributed by atoms with E-state index in [1.165, 1.54) is 0 Å². The maximum atomic E-state index is 13.3. The van der Waals surface area contributed by atoms with Crippen LogP contribution >= 0.6 is 0 Å². The molecular formula is C24H30N4O5. The van der Waals surface area contributed by atoms with Gasteiger partial charge in [-0.25, -0.2) is 0 Å². The second-order valence-corrected chi connectivity index (χ2v) is 9.54. The van der Waals surface area contributed by atoms with Crippen LogP contribution in [-0.4, -0.2) is 71.3 Å². The molecule has 4 amide bonds. The molecule has 1 unspecified atom stereocenters. The quantitative estimate of drug-likeness (QED) is 0.646. The normalized spacial score (nSPS) is 29.4. The van der Waals surface area contributed by atoms with Crippen LogP contribution in [0.1, 0.15) is 64.8 Å². The molecule has 33 heavy (non-hydrogen) atoms. The molecule has 176 valence electrons. The summed E-state index contributed by atoms with van der Waals surface area (Å²) in [5.74, 6) is -1.43. The molecule has 4 aliphatic heterocycles. The monoisotopic (exact) mass is 454 g/mol. The lowest BCUT2D eigenvalue weighted by molar-refractivity contribution is -0.136. The van der Waals surface area contributed by atoms with E-state index in [0.717, 1.165) is 55.8 Å². The van der Waals surface area contributed by atoms with Gasteiger partial charge in [0.2, 0.25) is 11.8 Å². The van der Waals surface area contributed by atoms with Crippen LogP contribution in [0.15, 0.2) is 18.2 Å². The number of rotatable bonds is 4. The van der Waals surface area contributed by atoms with E-state index in [1.54, 1.807) is 12.1 Å². The third kappa shape index (κ3) is 4.09. The number of likely N-dealkylation sites (tertiary alicyclic amines) is 1. The summed E-state index contributed by atoms with van der Waals surface area (Å²) in [5.41, 5.74) is 7.80. The summed E-state index contributed by atoms with van der Waals surface area (Å²) in [6, 6.07) is 4.46. The van der Waals surface area contributed by atoms with Gasteiger partial charge in [-0.2, -0.15) is 0 Å². The number of hydrogen-bond donors (Lipinski definition) is 2. The fourth-order valence-electron chi connectivity index (χ4n) is 5.71. The van der Waals surface area contributed by atoms with Crippen LogP contribution in [0.5, 0.6) is 0 Å². The van der Waals surface area contributed by atoms with Crippen LogP contribution in [0, 0.1) is 5.92 Å². The van der Waals surface area contributed by atoms with Crippen molar-refractivity contribution in [2.45, 2.75) is 63.3 Å². The molecule has 3 saturated heterocycles. The third-order valence-corrected chi connectivity index (χ3v) is 7.46. The summed E-state index contributed by atoms with van der Waals surface area (Å²) in [4.78, 5) is 53.4. The zero-order valence-electron chi connectivity index (χ0n) is 18.6. The lowest BCUT2D eigenvalue weighted by Crippen LogP contribution is -2.54. The largest absolute Gasteiger partial charge is 0.376 e. The Kier molecular flexibility index (Phi) is 6.03. The molecule has 3 fully saturated rings. The number of carbonyl (C=O) groups is 4. The minimum Gasteiger partial charge on any atom is -0.376 e. The predicted octanol–water partition coefficient (Wildman–Crippen LogP) is 0.806. The Bertz CT molecular complexity index is 987. The Morgan fingerprint density at radius 3 is 2.55 bits per heavy atom. The van der Waals surface area contributed by atoms with E-state index < -0.39 is 23.8 Å². The molecule has 4 aliphatic rings. The number of nitrogens with zero attached hydrogens (tertiary/aromatic N) is 2. The molecule has 5 rings (SSSR count). The number of hydrogen-bond acceptors (Lipinski definition) is 7. The molecule has 3 N–H and O–H groups in total. The molecule has 4 heterocycles. The highest BCUT2D eigenvalue weighted by Crippen LogP contribution is 2.32. The molecule has 9 heteroatoms. The summed E-state index contributed by atoms with van der Waals surface area (Å²) in [6.07, 6.45) is 4.41. The molecular weight excluding hydrogens is 424 g/mol. The molecule has 0 bridgehead atoms. The summed E-state index contributed by atoms with van der Waals surface area (Å²) in [5, 5.41) is 2.24. The van der Waals surface area contributed by atoms with E-state index >= 15 is 0 Å². The Balaban J connectivity index is 1.28. The average molecular weight is 455 g/mol. The van der Waals surface area contributed by atoms with Gasteiger partial charge in [0.05, 0.1) is 17.2 Å². The zero-order valence-corrected chi connectivity index (χ0v) is 18.6. The van der Waals surface area contributed by atoms with Gasteiger partial charge in [-0.15, -0.1) is 0 Å². The highest BCUT2D eigenvalue weighted by Gasteiger charge is 2.45. The number of piperidine rings is 2. The first-order valence-corrected chi connectivity index (χ1v) is 11.9. The molecule has 9 nitrogen and oxygen atoms in total. The number of ether oxygens (including phenoxy) is 1. The minimum absolute atomic E-state index is 0.106. The van der Waals surface area contributed by atoms with Crippen LogP contribution in [0.2, 0.25) is 0 Å². The Morgan fingerprint density at radius 1 is 1.03 bits per heavy atom. The fourth-order valence-corrected chi connectivity index (χ4v) is 5.71. The maximum Gasteiger partial charge on any atom is 0.262 e. The average Bonchev–Trinajstić information content (AvgIpc) is 3.06. The van der Waals surface area contributed by atoms with Crippen molar-refractivity contribution in [3.63, 3.8) is 0 Å². The van der Waals surface area contributed by atoms with E-state index in [9.17, 15) is 19.2 Å². The van der Waals surface area contributed by atoms with E-state index in [2.05, 4.69) is 10.2 Å². The van der Waals surface area contributed by atoms with E-state index in [4.69, 9.17) is 10.5 Å². The third-order valence-electron chi connectivity index (χ3n) is 7.46. The standard InChI is InChI=1S/C24H30N4O5/c25-17-5-2-12-33-21(17)14-8-10-27(11-9-14)13-15-3-1-4-16-20(15)24(32)28(23(16)31)18-6-7-19(29)26-22(18)30/h1,3-4,14,17-18,21H,2,5-13,25H2,(H,26,29,30)/t17-,18?,21+/m1/s1. The number of amides is 4. The predicted molar refractivity (Wildman–Crippen MR) is 118 cm³/mol. The van der Waals surface area contributed by atoms with Crippen LogP contribution in [0.4, 0.5) is 0 Å². The Labute approximate surface area is 192 Å². The van der Waals surface area contributed by atoms with E-state index in [1.807, 2.05) is 6.07 Å². The molecule has 0 spiro atoms. The highest BCUT2D eigenvalue weighted by atomic mass is 16.5. The van der Waals surface area contributed by atoms with Crippen molar-refractivity contribution in [2.75, 3.05) is 19.7 Å². The number of fused-ring (bicyclic) bond motifs is 1. The Hall–Kier alpha value is -2.62. The highest BCUT2D eigenvalue weighted by molar-refractivity contribution is 6.24. The van der Waals surface area contributed by atoms with Gasteiger partial charge in [0.25, 0.3) is 11.8 Å². The number of nitrogens with one attached hydrogen (secondary N) is 1. The molecule has 0 radical (unpaired) electrons. The summed E-state index contributed by atoms with van der Waals surface area (Å²) in [6.45, 7) is 3.10. The van der Waals surface area contributed by atoms with Gasteiger partial charge < -0.3 is 10.5 Å². The van der Waals surface area contributed by atoms with Gasteiger partial charge in [0.15, 0.2) is 0 Å². The summed E-state index contributed by atoms with van der Waals surface area (Å²) >= 11 is 0.